The Balaban J connectivity index is 2.14. The largest absolute Gasteiger partial charge is 0.446 e. The van der Waals surface area contributed by atoms with Crippen LogP contribution in [0.15, 0.2) is 24.3 Å². The van der Waals surface area contributed by atoms with E-state index in [4.69, 9.17) is 4.55 Å². The van der Waals surface area contributed by atoms with Crippen LogP contribution in [0.2, 0.25) is 0 Å². The lowest BCUT2D eigenvalue weighted by Crippen LogP contribution is -2.24. The highest BCUT2D eigenvalue weighted by Crippen LogP contribution is 2.22. The van der Waals surface area contributed by atoms with Gasteiger partial charge in [0.05, 0.1) is 5.56 Å². The molecule has 0 fully saturated rings. The minimum atomic E-state index is -4.68. The Morgan fingerprint density at radius 3 is 2.20 bits per heavy atom. The van der Waals surface area contributed by atoms with Gasteiger partial charge in [0.15, 0.2) is 11.5 Å². The first-order chi connectivity index (χ1) is 14.3. The van der Waals surface area contributed by atoms with E-state index in [2.05, 4.69) is 16.4 Å². The Kier molecular flexibility index (Phi) is 13.0. The highest BCUT2D eigenvalue weighted by Gasteiger charge is 2.16. The van der Waals surface area contributed by atoms with E-state index in [1.54, 1.807) is 6.07 Å². The van der Waals surface area contributed by atoms with Gasteiger partial charge in [-0.2, -0.15) is 8.42 Å². The van der Waals surface area contributed by atoms with Crippen molar-refractivity contribution in [3.05, 3.63) is 29.8 Å². The highest BCUT2D eigenvalue weighted by molar-refractivity contribution is 7.81. The van der Waals surface area contributed by atoms with E-state index < -0.39 is 10.4 Å². The lowest BCUT2D eigenvalue weighted by Gasteiger charge is -2.08. The number of hydrogen-bond acceptors (Lipinski definition) is 5. The maximum absolute atomic E-state index is 12.3. The van der Waals surface area contributed by atoms with E-state index in [1.165, 1.54) is 50.3 Å². The van der Waals surface area contributed by atoms with Crippen molar-refractivity contribution >= 4 is 22.1 Å². The average molecular weight is 442 g/mol. The van der Waals surface area contributed by atoms with Gasteiger partial charge in [-0.05, 0) is 31.4 Å². The summed E-state index contributed by atoms with van der Waals surface area (Å²) < 4.78 is 35.0. The number of hydrogen-bond donors (Lipinski definition) is 2. The minimum Gasteiger partial charge on any atom is -0.361 e. The predicted octanol–water partition coefficient (Wildman–Crippen LogP) is 4.87. The van der Waals surface area contributed by atoms with Crippen LogP contribution in [0.4, 0.5) is 0 Å². The minimum absolute atomic E-state index is 0.0796. The van der Waals surface area contributed by atoms with E-state index in [0.29, 0.717) is 19.4 Å². The zero-order valence-corrected chi connectivity index (χ0v) is 18.7. The van der Waals surface area contributed by atoms with Crippen LogP contribution in [0.25, 0.3) is 0 Å². The van der Waals surface area contributed by atoms with Gasteiger partial charge in [-0.15, -0.1) is 0 Å². The van der Waals surface area contributed by atoms with Crippen molar-refractivity contribution in [2.45, 2.75) is 84.0 Å². The molecule has 1 rings (SSSR count). The molecular weight excluding hydrogens is 406 g/mol. The molecule has 0 aromatic heterocycles. The third-order valence-electron chi connectivity index (χ3n) is 4.79. The average Bonchev–Trinajstić information content (AvgIpc) is 2.69. The highest BCUT2D eigenvalue weighted by atomic mass is 32.3. The van der Waals surface area contributed by atoms with Crippen molar-refractivity contribution in [1.82, 2.24) is 5.32 Å². The van der Waals surface area contributed by atoms with Crippen LogP contribution in [-0.4, -0.2) is 31.2 Å². The van der Waals surface area contributed by atoms with Gasteiger partial charge in [0, 0.05) is 19.4 Å². The molecule has 0 radical (unpaired) electrons. The van der Waals surface area contributed by atoms with E-state index in [-0.39, 0.29) is 29.4 Å². The van der Waals surface area contributed by atoms with Gasteiger partial charge in [0.1, 0.15) is 0 Å². The number of rotatable bonds is 17. The molecule has 0 unspecified atom stereocenters. The van der Waals surface area contributed by atoms with Gasteiger partial charge >= 0.3 is 10.4 Å². The molecule has 1 aromatic carbocycles. The summed E-state index contributed by atoms with van der Waals surface area (Å²) in [5, 5.41) is 2.91. The summed E-state index contributed by atoms with van der Waals surface area (Å²) in [6.45, 7) is 2.79. The van der Waals surface area contributed by atoms with Gasteiger partial charge < -0.3 is 9.50 Å². The SMILES string of the molecule is CCCCCCCCCC(=O)NCCCCCC(=O)c1ccccc1OS(=O)(=O)O. The van der Waals surface area contributed by atoms with Crippen molar-refractivity contribution in [2.75, 3.05) is 6.54 Å². The van der Waals surface area contributed by atoms with Crippen LogP contribution in [-0.2, 0) is 15.2 Å². The quantitative estimate of drug-likeness (QED) is 0.203. The second-order valence-corrected chi connectivity index (χ2v) is 8.48. The zero-order chi connectivity index (χ0) is 22.2. The predicted molar refractivity (Wildman–Crippen MR) is 117 cm³/mol. The number of nitrogens with one attached hydrogen (secondary N) is 1. The summed E-state index contributed by atoms with van der Waals surface area (Å²) in [6.07, 6.45) is 11.2. The molecule has 0 saturated carbocycles. The molecule has 1 amide bonds. The second-order valence-electron chi connectivity index (χ2n) is 7.46. The summed E-state index contributed by atoms with van der Waals surface area (Å²) in [5.74, 6) is -0.351. The summed E-state index contributed by atoms with van der Waals surface area (Å²) in [4.78, 5) is 24.1. The fourth-order valence-electron chi connectivity index (χ4n) is 3.16. The molecule has 0 atom stereocenters. The molecule has 0 aliphatic heterocycles. The van der Waals surface area contributed by atoms with Crippen molar-refractivity contribution in [3.63, 3.8) is 0 Å². The van der Waals surface area contributed by atoms with Crippen LogP contribution in [0.3, 0.4) is 0 Å². The standard InChI is InChI=1S/C22H35NO6S/c1-2-3-4-5-6-7-10-17-22(25)23-18-13-8-9-15-20(24)19-14-11-12-16-21(19)29-30(26,27)28/h11-12,14,16H,2-10,13,15,17-18H2,1H3,(H,23,25)(H,26,27,28). The summed E-state index contributed by atoms with van der Waals surface area (Å²) in [7, 11) is -4.68. The van der Waals surface area contributed by atoms with Crippen molar-refractivity contribution in [2.24, 2.45) is 0 Å². The van der Waals surface area contributed by atoms with Gasteiger partial charge in [0.2, 0.25) is 5.91 Å². The van der Waals surface area contributed by atoms with Gasteiger partial charge in [-0.1, -0.05) is 64.0 Å². The molecule has 8 heteroatoms. The Bertz CT molecular complexity index is 748. The van der Waals surface area contributed by atoms with E-state index >= 15 is 0 Å². The van der Waals surface area contributed by atoms with Gasteiger partial charge in [-0.3, -0.25) is 14.1 Å². The number of carbonyl (C=O) groups excluding carboxylic acids is 2. The molecule has 0 spiro atoms. The lowest BCUT2D eigenvalue weighted by molar-refractivity contribution is -0.121. The fourth-order valence-corrected chi connectivity index (χ4v) is 3.54. The molecule has 7 nitrogen and oxygen atoms in total. The van der Waals surface area contributed by atoms with Crippen LogP contribution in [0.1, 0.15) is 94.3 Å². The number of carbonyl (C=O) groups is 2. The monoisotopic (exact) mass is 441 g/mol. The molecule has 0 saturated heterocycles. The topological polar surface area (TPSA) is 110 Å². The molecule has 170 valence electrons. The van der Waals surface area contributed by atoms with Crippen LogP contribution < -0.4 is 9.50 Å². The Morgan fingerprint density at radius 2 is 1.50 bits per heavy atom. The molecule has 0 heterocycles. The molecule has 30 heavy (non-hydrogen) atoms. The Hall–Kier alpha value is -1.93. The maximum Gasteiger partial charge on any atom is 0.446 e. The number of unbranched alkanes of at least 4 members (excludes halogenated alkanes) is 8. The smallest absolute Gasteiger partial charge is 0.361 e. The van der Waals surface area contributed by atoms with E-state index in [9.17, 15) is 18.0 Å². The van der Waals surface area contributed by atoms with Crippen LogP contribution >= 0.6 is 0 Å². The van der Waals surface area contributed by atoms with Crippen LogP contribution in [0, 0.1) is 0 Å². The van der Waals surface area contributed by atoms with Crippen molar-refractivity contribution < 1.29 is 26.7 Å². The maximum atomic E-state index is 12.3. The van der Waals surface area contributed by atoms with E-state index in [1.807, 2.05) is 0 Å². The Morgan fingerprint density at radius 1 is 0.900 bits per heavy atom. The first-order valence-corrected chi connectivity index (χ1v) is 12.3. The van der Waals surface area contributed by atoms with Crippen LogP contribution in [0.5, 0.6) is 5.75 Å². The molecule has 0 bridgehead atoms. The summed E-state index contributed by atoms with van der Waals surface area (Å²) in [6, 6.07) is 5.91. The fraction of sp³-hybridized carbons (Fsp3) is 0.636. The molecular formula is C22H35NO6S. The van der Waals surface area contributed by atoms with Gasteiger partial charge in [-0.25, -0.2) is 0 Å². The first kappa shape index (κ1) is 26.1. The molecule has 0 aliphatic rings. The van der Waals surface area contributed by atoms with Crippen molar-refractivity contribution in [3.8, 4) is 5.75 Å². The first-order valence-electron chi connectivity index (χ1n) is 10.9. The lowest BCUT2D eigenvalue weighted by atomic mass is 10.0. The van der Waals surface area contributed by atoms with Gasteiger partial charge in [0.25, 0.3) is 0 Å². The number of Topliss-reactive ketones (excluding diaryl/α,β-unsaturated/α-hetero) is 1. The van der Waals surface area contributed by atoms with E-state index in [0.717, 1.165) is 25.7 Å². The second kappa shape index (κ2) is 15.0. The number of para-hydroxylation sites is 1. The number of benzene rings is 1. The summed E-state index contributed by atoms with van der Waals surface area (Å²) >= 11 is 0. The zero-order valence-electron chi connectivity index (χ0n) is 17.9. The van der Waals surface area contributed by atoms with Crippen molar-refractivity contribution in [1.29, 1.82) is 0 Å². The normalized spacial score (nSPS) is 11.3. The summed E-state index contributed by atoms with van der Waals surface area (Å²) in [5.41, 5.74) is 0.123. The third kappa shape index (κ3) is 12.6. The molecule has 1 aromatic rings. The third-order valence-corrected chi connectivity index (χ3v) is 5.18. The molecule has 0 aliphatic carbocycles. The number of ketones is 1. The Labute approximate surface area is 180 Å². The number of amides is 1. The molecule has 2 N–H and O–H groups in total.